The van der Waals surface area contributed by atoms with Gasteiger partial charge < -0.3 is 9.47 Å². The van der Waals surface area contributed by atoms with Crippen molar-refractivity contribution in [2.45, 2.75) is 19.4 Å². The summed E-state index contributed by atoms with van der Waals surface area (Å²) >= 11 is 0. The molecule has 1 atom stereocenters. The van der Waals surface area contributed by atoms with Crippen LogP contribution in [-0.4, -0.2) is 32.0 Å². The summed E-state index contributed by atoms with van der Waals surface area (Å²) in [5.41, 5.74) is 0.869. The van der Waals surface area contributed by atoms with Crippen molar-refractivity contribution in [3.8, 4) is 23.8 Å². The molecule has 0 saturated carbocycles. The summed E-state index contributed by atoms with van der Waals surface area (Å²) in [5.74, 6) is 3.10. The maximum Gasteiger partial charge on any atom is 0.269 e. The van der Waals surface area contributed by atoms with Gasteiger partial charge in [-0.2, -0.15) is 0 Å². The van der Waals surface area contributed by atoms with Gasteiger partial charge in [0.05, 0.1) is 19.3 Å². The zero-order valence-corrected chi connectivity index (χ0v) is 11.4. The predicted molar refractivity (Wildman–Crippen MR) is 74.3 cm³/mol. The van der Waals surface area contributed by atoms with Crippen molar-refractivity contribution in [3.63, 3.8) is 0 Å². The van der Waals surface area contributed by atoms with Gasteiger partial charge in [-0.05, 0) is 18.6 Å². The quantitative estimate of drug-likeness (QED) is 0.618. The van der Waals surface area contributed by atoms with E-state index in [1.54, 1.807) is 12.1 Å². The molecular weight excluding hydrogens is 258 g/mol. The highest BCUT2D eigenvalue weighted by Crippen LogP contribution is 2.42. The molecule has 1 heterocycles. The molecule has 1 aromatic carbocycles. The Morgan fingerprint density at radius 3 is 2.85 bits per heavy atom. The van der Waals surface area contributed by atoms with E-state index in [4.69, 9.17) is 15.9 Å². The van der Waals surface area contributed by atoms with Crippen LogP contribution in [0.25, 0.3) is 0 Å². The third-order valence-electron chi connectivity index (χ3n) is 3.13. The van der Waals surface area contributed by atoms with E-state index in [2.05, 4.69) is 5.92 Å². The number of hydrogen-bond acceptors (Lipinski definition) is 4. The van der Waals surface area contributed by atoms with E-state index >= 15 is 0 Å². The molecule has 0 N–H and O–H groups in total. The molecular formula is C15H15NO4. The van der Waals surface area contributed by atoms with Crippen LogP contribution in [0.3, 0.4) is 0 Å². The predicted octanol–water partition coefficient (Wildman–Crippen LogP) is 1.64. The number of amides is 1. The van der Waals surface area contributed by atoms with Gasteiger partial charge in [-0.15, -0.1) is 6.42 Å². The average molecular weight is 273 g/mol. The topological polar surface area (TPSA) is 55.8 Å². The number of rotatable bonds is 4. The molecule has 0 bridgehead atoms. The third kappa shape index (κ3) is 2.21. The number of ether oxygens (including phenoxy) is 2. The Hall–Kier alpha value is -2.48. The second-order valence-electron chi connectivity index (χ2n) is 4.33. The van der Waals surface area contributed by atoms with Gasteiger partial charge in [0.15, 0.2) is 17.6 Å². The first kappa shape index (κ1) is 13.9. The van der Waals surface area contributed by atoms with Gasteiger partial charge >= 0.3 is 0 Å². The summed E-state index contributed by atoms with van der Waals surface area (Å²) in [5, 5.41) is 0. The monoisotopic (exact) mass is 273 g/mol. The molecule has 0 aromatic heterocycles. The van der Waals surface area contributed by atoms with E-state index in [9.17, 15) is 9.59 Å². The number of terminal acetylenes is 1. The summed E-state index contributed by atoms with van der Waals surface area (Å²) in [7, 11) is 1.48. The van der Waals surface area contributed by atoms with Crippen LogP contribution in [-0.2, 0) is 4.79 Å². The maximum atomic E-state index is 12.3. The minimum absolute atomic E-state index is 0.122. The second-order valence-corrected chi connectivity index (χ2v) is 4.33. The summed E-state index contributed by atoms with van der Waals surface area (Å²) in [6, 6.07) is 3.15. The molecule has 20 heavy (non-hydrogen) atoms. The first-order valence-electron chi connectivity index (χ1n) is 6.25. The van der Waals surface area contributed by atoms with Crippen molar-refractivity contribution in [1.29, 1.82) is 0 Å². The Kier molecular flexibility index (Phi) is 3.94. The standard InChI is InChI=1S/C15H15NO4/c1-4-6-16-11-7-10(9-17)8-13(19-3)14(11)20-12(5-2)15(16)18/h1,7-9,12H,5-6H2,2-3H3. The van der Waals surface area contributed by atoms with Crippen molar-refractivity contribution < 1.29 is 19.1 Å². The molecule has 5 heteroatoms. The Morgan fingerprint density at radius 2 is 2.30 bits per heavy atom. The van der Waals surface area contributed by atoms with Crippen LogP contribution in [0, 0.1) is 12.3 Å². The van der Waals surface area contributed by atoms with Crippen LogP contribution in [0.1, 0.15) is 23.7 Å². The fraction of sp³-hybridized carbons (Fsp3) is 0.333. The lowest BCUT2D eigenvalue weighted by Gasteiger charge is -2.33. The summed E-state index contributed by atoms with van der Waals surface area (Å²) < 4.78 is 10.9. The van der Waals surface area contributed by atoms with Crippen LogP contribution in [0.5, 0.6) is 11.5 Å². The average Bonchev–Trinajstić information content (AvgIpc) is 2.48. The first-order chi connectivity index (χ1) is 9.65. The fourth-order valence-corrected chi connectivity index (χ4v) is 2.14. The third-order valence-corrected chi connectivity index (χ3v) is 3.13. The van der Waals surface area contributed by atoms with Crippen molar-refractivity contribution in [2.24, 2.45) is 0 Å². The van der Waals surface area contributed by atoms with Crippen LogP contribution in [0.15, 0.2) is 12.1 Å². The van der Waals surface area contributed by atoms with Crippen LogP contribution in [0.2, 0.25) is 0 Å². The number of methoxy groups -OCH3 is 1. The lowest BCUT2D eigenvalue weighted by atomic mass is 10.1. The Morgan fingerprint density at radius 1 is 1.55 bits per heavy atom. The molecule has 1 aromatic rings. The minimum atomic E-state index is -0.591. The Bertz CT molecular complexity index is 588. The second kappa shape index (κ2) is 5.66. The lowest BCUT2D eigenvalue weighted by Crippen LogP contribution is -2.46. The van der Waals surface area contributed by atoms with Gasteiger partial charge in [0.1, 0.15) is 6.29 Å². The number of hydrogen-bond donors (Lipinski definition) is 0. The van der Waals surface area contributed by atoms with Crippen molar-refractivity contribution in [3.05, 3.63) is 17.7 Å². The zero-order chi connectivity index (χ0) is 14.7. The highest BCUT2D eigenvalue weighted by molar-refractivity contribution is 6.02. The highest BCUT2D eigenvalue weighted by Gasteiger charge is 2.35. The molecule has 0 saturated heterocycles. The molecule has 1 aliphatic rings. The van der Waals surface area contributed by atoms with Gasteiger partial charge in [-0.25, -0.2) is 0 Å². The van der Waals surface area contributed by atoms with Crippen LogP contribution in [0.4, 0.5) is 5.69 Å². The van der Waals surface area contributed by atoms with Gasteiger partial charge in [0, 0.05) is 5.56 Å². The van der Waals surface area contributed by atoms with Gasteiger partial charge in [0.25, 0.3) is 5.91 Å². The largest absolute Gasteiger partial charge is 0.493 e. The Labute approximate surface area is 117 Å². The number of fused-ring (bicyclic) bond motifs is 1. The highest BCUT2D eigenvalue weighted by atomic mass is 16.5. The number of nitrogens with zero attached hydrogens (tertiary/aromatic N) is 1. The normalized spacial score (nSPS) is 16.9. The number of anilines is 1. The molecule has 104 valence electrons. The van der Waals surface area contributed by atoms with E-state index in [1.807, 2.05) is 6.92 Å². The molecule has 1 aliphatic heterocycles. The summed E-state index contributed by atoms with van der Waals surface area (Å²) in [6.07, 6.45) is 5.94. The lowest BCUT2D eigenvalue weighted by molar-refractivity contribution is -0.126. The SMILES string of the molecule is C#CCN1C(=O)C(CC)Oc2c(OC)cc(C=O)cc21. The van der Waals surface area contributed by atoms with Gasteiger partial charge in [-0.1, -0.05) is 12.8 Å². The number of carbonyl (C=O) groups excluding carboxylic acids is 2. The number of carbonyl (C=O) groups is 2. The van der Waals surface area contributed by atoms with Crippen molar-refractivity contribution >= 4 is 17.9 Å². The molecule has 0 radical (unpaired) electrons. The zero-order valence-electron chi connectivity index (χ0n) is 11.4. The van der Waals surface area contributed by atoms with Crippen LogP contribution >= 0.6 is 0 Å². The molecule has 1 amide bonds. The fourth-order valence-electron chi connectivity index (χ4n) is 2.14. The van der Waals surface area contributed by atoms with E-state index in [1.165, 1.54) is 12.0 Å². The number of benzene rings is 1. The smallest absolute Gasteiger partial charge is 0.269 e. The first-order valence-corrected chi connectivity index (χ1v) is 6.25. The molecule has 0 fully saturated rings. The number of aldehydes is 1. The van der Waals surface area contributed by atoms with E-state index in [0.717, 1.165) is 0 Å². The van der Waals surface area contributed by atoms with E-state index in [0.29, 0.717) is 35.5 Å². The Balaban J connectivity index is 2.62. The van der Waals surface area contributed by atoms with E-state index in [-0.39, 0.29) is 12.5 Å². The minimum Gasteiger partial charge on any atom is -0.493 e. The van der Waals surface area contributed by atoms with Gasteiger partial charge in [0.2, 0.25) is 0 Å². The van der Waals surface area contributed by atoms with Crippen LogP contribution < -0.4 is 14.4 Å². The van der Waals surface area contributed by atoms with Gasteiger partial charge in [-0.3, -0.25) is 14.5 Å². The summed E-state index contributed by atoms with van der Waals surface area (Å²) in [4.78, 5) is 24.7. The van der Waals surface area contributed by atoms with Crippen molar-refractivity contribution in [1.82, 2.24) is 0 Å². The maximum absolute atomic E-state index is 12.3. The summed E-state index contributed by atoms with van der Waals surface area (Å²) in [6.45, 7) is 1.98. The van der Waals surface area contributed by atoms with Crippen molar-refractivity contribution in [2.75, 3.05) is 18.6 Å². The molecule has 1 unspecified atom stereocenters. The molecule has 0 spiro atoms. The molecule has 0 aliphatic carbocycles. The van der Waals surface area contributed by atoms with E-state index < -0.39 is 6.10 Å². The molecule has 2 rings (SSSR count). The molecule has 5 nitrogen and oxygen atoms in total.